The summed E-state index contributed by atoms with van der Waals surface area (Å²) in [5.74, 6) is -0.957. The van der Waals surface area contributed by atoms with Gasteiger partial charge in [-0.3, -0.25) is 4.79 Å². The number of amides is 1. The minimum absolute atomic E-state index is 0.0957. The van der Waals surface area contributed by atoms with E-state index in [4.69, 9.17) is 9.47 Å². The Bertz CT molecular complexity index is 736. The van der Waals surface area contributed by atoms with Crippen molar-refractivity contribution in [3.05, 3.63) is 64.4 Å². The average Bonchev–Trinajstić information content (AvgIpc) is 2.61. The van der Waals surface area contributed by atoms with Crippen LogP contribution in [0.4, 0.5) is 4.39 Å². The van der Waals surface area contributed by atoms with E-state index in [1.54, 1.807) is 42.5 Å². The molecule has 2 aromatic rings. The number of carbonyl (C=O) groups is 2. The number of likely N-dealkylation sites (N-methyl/N-ethyl adjacent to an activating group) is 1. The van der Waals surface area contributed by atoms with Crippen molar-refractivity contribution < 1.29 is 23.5 Å². The predicted octanol–water partition coefficient (Wildman–Crippen LogP) is 3.17. The van der Waals surface area contributed by atoms with Crippen molar-refractivity contribution in [2.45, 2.75) is 6.54 Å². The van der Waals surface area contributed by atoms with Gasteiger partial charge in [-0.05, 0) is 30.3 Å². The molecule has 0 bridgehead atoms. The highest BCUT2D eigenvalue weighted by Gasteiger charge is 2.14. The molecule has 0 unspecified atom stereocenters. The second kappa shape index (κ2) is 9.17. The predicted molar refractivity (Wildman–Crippen MR) is 93.5 cm³/mol. The third kappa shape index (κ3) is 6.19. The molecule has 7 heteroatoms. The highest BCUT2D eigenvalue weighted by atomic mass is 79.9. The molecule has 132 valence electrons. The van der Waals surface area contributed by atoms with Gasteiger partial charge in [-0.2, -0.15) is 0 Å². The molecule has 0 aromatic heterocycles. The molecule has 0 heterocycles. The highest BCUT2D eigenvalue weighted by Crippen LogP contribution is 2.16. The van der Waals surface area contributed by atoms with Gasteiger partial charge in [0, 0.05) is 23.6 Å². The lowest BCUT2D eigenvalue weighted by Gasteiger charge is -2.17. The topological polar surface area (TPSA) is 55.8 Å². The molecule has 5 nitrogen and oxygen atoms in total. The van der Waals surface area contributed by atoms with Crippen LogP contribution in [0.1, 0.15) is 5.56 Å². The van der Waals surface area contributed by atoms with E-state index in [9.17, 15) is 14.0 Å². The van der Waals surface area contributed by atoms with Crippen molar-refractivity contribution in [1.29, 1.82) is 0 Å². The molecule has 0 saturated carbocycles. The zero-order valence-electron chi connectivity index (χ0n) is 13.6. The van der Waals surface area contributed by atoms with E-state index in [1.165, 1.54) is 18.0 Å². The SMILES string of the molecule is CN(Cc1ccccc1F)C(=O)COC(=O)COc1ccc(Br)cc1. The molecular formula is C18H17BrFNO4. The maximum Gasteiger partial charge on any atom is 0.344 e. The molecule has 0 saturated heterocycles. The Kier molecular flexibility index (Phi) is 6.94. The second-order valence-electron chi connectivity index (χ2n) is 5.24. The molecule has 25 heavy (non-hydrogen) atoms. The first-order valence-electron chi connectivity index (χ1n) is 7.47. The quantitative estimate of drug-likeness (QED) is 0.659. The molecule has 0 N–H and O–H groups in total. The summed E-state index contributed by atoms with van der Waals surface area (Å²) in [4.78, 5) is 24.9. The fourth-order valence-electron chi connectivity index (χ4n) is 1.94. The van der Waals surface area contributed by atoms with E-state index in [1.807, 2.05) is 0 Å². The third-order valence-corrected chi connectivity index (χ3v) is 3.85. The number of rotatable bonds is 7. The fourth-order valence-corrected chi connectivity index (χ4v) is 2.20. The summed E-state index contributed by atoms with van der Waals surface area (Å²) >= 11 is 3.30. The smallest absolute Gasteiger partial charge is 0.344 e. The van der Waals surface area contributed by atoms with Gasteiger partial charge in [0.15, 0.2) is 13.2 Å². The Balaban J connectivity index is 1.74. The average molecular weight is 410 g/mol. The summed E-state index contributed by atoms with van der Waals surface area (Å²) in [7, 11) is 1.51. The molecule has 0 spiro atoms. The Morgan fingerprint density at radius 2 is 1.76 bits per heavy atom. The number of nitrogens with zero attached hydrogens (tertiary/aromatic N) is 1. The largest absolute Gasteiger partial charge is 0.482 e. The second-order valence-corrected chi connectivity index (χ2v) is 6.16. The zero-order chi connectivity index (χ0) is 18.2. The first-order valence-corrected chi connectivity index (χ1v) is 8.26. The minimum Gasteiger partial charge on any atom is -0.482 e. The molecule has 0 aliphatic carbocycles. The van der Waals surface area contributed by atoms with Gasteiger partial charge in [-0.15, -0.1) is 0 Å². The molecule has 1 amide bonds. The summed E-state index contributed by atoms with van der Waals surface area (Å²) in [6.45, 7) is -0.627. The number of hydrogen-bond acceptors (Lipinski definition) is 4. The Labute approximate surface area is 153 Å². The van der Waals surface area contributed by atoms with Crippen LogP contribution in [0.5, 0.6) is 5.75 Å². The number of ether oxygens (including phenoxy) is 2. The van der Waals surface area contributed by atoms with Gasteiger partial charge in [-0.1, -0.05) is 34.1 Å². The standard InChI is InChI=1S/C18H17BrFNO4/c1-21(10-13-4-2-3-5-16(13)20)17(22)11-25-18(23)12-24-15-8-6-14(19)7-9-15/h2-9H,10-12H2,1H3. The summed E-state index contributed by atoms with van der Waals surface area (Å²) < 4.78 is 24.6. The molecule has 0 aliphatic heterocycles. The number of halogens is 2. The van der Waals surface area contributed by atoms with Crippen LogP contribution in [-0.2, 0) is 20.9 Å². The van der Waals surface area contributed by atoms with E-state index >= 15 is 0 Å². The van der Waals surface area contributed by atoms with Crippen molar-refractivity contribution >= 4 is 27.8 Å². The number of hydrogen-bond donors (Lipinski definition) is 0. The van der Waals surface area contributed by atoms with Crippen molar-refractivity contribution in [1.82, 2.24) is 4.90 Å². The van der Waals surface area contributed by atoms with Crippen LogP contribution < -0.4 is 4.74 Å². The first kappa shape index (κ1) is 18.9. The lowest BCUT2D eigenvalue weighted by molar-refractivity contribution is -0.153. The van der Waals surface area contributed by atoms with Crippen LogP contribution in [0.2, 0.25) is 0 Å². The summed E-state index contributed by atoms with van der Waals surface area (Å²) in [6, 6.07) is 13.1. The lowest BCUT2D eigenvalue weighted by Crippen LogP contribution is -2.31. The van der Waals surface area contributed by atoms with Gasteiger partial charge in [0.1, 0.15) is 11.6 Å². The Morgan fingerprint density at radius 3 is 2.44 bits per heavy atom. The van der Waals surface area contributed by atoms with Gasteiger partial charge >= 0.3 is 5.97 Å². The maximum absolute atomic E-state index is 13.6. The van der Waals surface area contributed by atoms with Crippen molar-refractivity contribution in [2.75, 3.05) is 20.3 Å². The van der Waals surface area contributed by atoms with Gasteiger partial charge in [0.05, 0.1) is 0 Å². The lowest BCUT2D eigenvalue weighted by atomic mass is 10.2. The maximum atomic E-state index is 13.6. The normalized spacial score (nSPS) is 10.2. The van der Waals surface area contributed by atoms with Gasteiger partial charge in [-0.25, -0.2) is 9.18 Å². The van der Waals surface area contributed by atoms with Crippen LogP contribution in [0.25, 0.3) is 0 Å². The molecule has 2 aromatic carbocycles. The highest BCUT2D eigenvalue weighted by molar-refractivity contribution is 9.10. The van der Waals surface area contributed by atoms with Crippen molar-refractivity contribution in [3.8, 4) is 5.75 Å². The van der Waals surface area contributed by atoms with Crippen LogP contribution >= 0.6 is 15.9 Å². The Hall–Kier alpha value is -2.41. The van der Waals surface area contributed by atoms with Crippen LogP contribution in [0.15, 0.2) is 53.0 Å². The van der Waals surface area contributed by atoms with Gasteiger partial charge in [0.2, 0.25) is 0 Å². The fraction of sp³-hybridized carbons (Fsp3) is 0.222. The van der Waals surface area contributed by atoms with Crippen molar-refractivity contribution in [3.63, 3.8) is 0 Å². The van der Waals surface area contributed by atoms with E-state index in [0.29, 0.717) is 11.3 Å². The van der Waals surface area contributed by atoms with Crippen molar-refractivity contribution in [2.24, 2.45) is 0 Å². The molecule has 0 aliphatic rings. The van der Waals surface area contributed by atoms with E-state index < -0.39 is 18.5 Å². The number of esters is 1. The van der Waals surface area contributed by atoms with E-state index in [0.717, 1.165) is 4.47 Å². The molecule has 0 radical (unpaired) electrons. The number of carbonyl (C=O) groups excluding carboxylic acids is 2. The number of benzene rings is 2. The van der Waals surface area contributed by atoms with E-state index in [2.05, 4.69) is 15.9 Å². The summed E-state index contributed by atoms with van der Waals surface area (Å²) in [5, 5.41) is 0. The third-order valence-electron chi connectivity index (χ3n) is 3.32. The zero-order valence-corrected chi connectivity index (χ0v) is 15.2. The van der Waals surface area contributed by atoms with Crippen LogP contribution in [0.3, 0.4) is 0 Å². The summed E-state index contributed by atoms with van der Waals surface area (Å²) in [5.41, 5.74) is 0.392. The van der Waals surface area contributed by atoms with Gasteiger partial charge in [0.25, 0.3) is 5.91 Å². The first-order chi connectivity index (χ1) is 12.0. The monoisotopic (exact) mass is 409 g/mol. The molecule has 0 fully saturated rings. The summed E-state index contributed by atoms with van der Waals surface area (Å²) in [6.07, 6.45) is 0. The van der Waals surface area contributed by atoms with E-state index in [-0.39, 0.29) is 19.0 Å². The minimum atomic E-state index is -0.657. The van der Waals surface area contributed by atoms with Gasteiger partial charge < -0.3 is 14.4 Å². The Morgan fingerprint density at radius 1 is 1.08 bits per heavy atom. The molecule has 0 atom stereocenters. The van der Waals surface area contributed by atoms with Crippen LogP contribution in [0, 0.1) is 5.82 Å². The van der Waals surface area contributed by atoms with Crippen LogP contribution in [-0.4, -0.2) is 37.0 Å². The molecule has 2 rings (SSSR count). The molecular weight excluding hydrogens is 393 g/mol.